The molecule has 3 nitrogen and oxygen atoms in total. The first-order valence-corrected chi connectivity index (χ1v) is 4.99. The zero-order valence-corrected chi connectivity index (χ0v) is 7.51. The van der Waals surface area contributed by atoms with Gasteiger partial charge in [0.25, 0.3) is 0 Å². The quantitative estimate of drug-likeness (QED) is 0.631. The van der Waals surface area contributed by atoms with Gasteiger partial charge in [0.05, 0.1) is 6.61 Å². The molecule has 2 fully saturated rings. The first kappa shape index (κ1) is 8.48. The van der Waals surface area contributed by atoms with E-state index in [1.165, 1.54) is 25.8 Å². The van der Waals surface area contributed by atoms with Crippen LogP contribution in [0, 0.1) is 0 Å². The zero-order valence-electron chi connectivity index (χ0n) is 7.51. The molecule has 0 amide bonds. The summed E-state index contributed by atoms with van der Waals surface area (Å²) < 4.78 is 5.29. The molecule has 2 atom stereocenters. The summed E-state index contributed by atoms with van der Waals surface area (Å²) in [6, 6.07) is 1.33. The second-order valence-corrected chi connectivity index (χ2v) is 3.76. The fourth-order valence-corrected chi connectivity index (χ4v) is 1.94. The Hall–Kier alpha value is -0.120. The van der Waals surface area contributed by atoms with Gasteiger partial charge in [0, 0.05) is 25.2 Å². The first-order chi connectivity index (χ1) is 5.95. The molecule has 0 spiro atoms. The normalized spacial score (nSPS) is 36.0. The van der Waals surface area contributed by atoms with Gasteiger partial charge < -0.3 is 15.4 Å². The average Bonchev–Trinajstić information content (AvgIpc) is 2.74. The lowest BCUT2D eigenvalue weighted by Gasteiger charge is -2.14. The van der Waals surface area contributed by atoms with Crippen LogP contribution in [0.3, 0.4) is 0 Å². The van der Waals surface area contributed by atoms with Gasteiger partial charge in [0.15, 0.2) is 0 Å². The van der Waals surface area contributed by atoms with Crippen LogP contribution in [0.2, 0.25) is 0 Å². The van der Waals surface area contributed by atoms with Gasteiger partial charge in [-0.3, -0.25) is 0 Å². The molecule has 2 heterocycles. The third-order valence-corrected chi connectivity index (χ3v) is 2.74. The third-order valence-electron chi connectivity index (χ3n) is 2.74. The predicted octanol–water partition coefficient (Wildman–Crippen LogP) is 0.117. The number of hydrogen-bond donors (Lipinski definition) is 2. The van der Waals surface area contributed by atoms with Crippen LogP contribution in [-0.2, 0) is 4.74 Å². The summed E-state index contributed by atoms with van der Waals surface area (Å²) in [5, 5.41) is 7.01. The van der Waals surface area contributed by atoms with Crippen LogP contribution in [0.25, 0.3) is 0 Å². The van der Waals surface area contributed by atoms with Crippen molar-refractivity contribution in [3.63, 3.8) is 0 Å². The Balaban J connectivity index is 1.60. The minimum Gasteiger partial charge on any atom is -0.380 e. The lowest BCUT2D eigenvalue weighted by atomic mass is 10.2. The van der Waals surface area contributed by atoms with E-state index in [9.17, 15) is 0 Å². The van der Waals surface area contributed by atoms with E-state index in [1.807, 2.05) is 0 Å². The van der Waals surface area contributed by atoms with Crippen molar-refractivity contribution in [2.24, 2.45) is 0 Å². The summed E-state index contributed by atoms with van der Waals surface area (Å²) in [7, 11) is 0. The molecule has 0 saturated carbocycles. The summed E-state index contributed by atoms with van der Waals surface area (Å²) in [5.74, 6) is 0. The summed E-state index contributed by atoms with van der Waals surface area (Å²) in [6.45, 7) is 4.17. The number of rotatable bonds is 3. The van der Waals surface area contributed by atoms with Crippen molar-refractivity contribution in [2.45, 2.75) is 31.3 Å². The van der Waals surface area contributed by atoms with Crippen LogP contribution in [0.15, 0.2) is 0 Å². The van der Waals surface area contributed by atoms with Gasteiger partial charge >= 0.3 is 0 Å². The molecule has 2 aliphatic rings. The Morgan fingerprint density at radius 3 is 3.08 bits per heavy atom. The fraction of sp³-hybridized carbons (Fsp3) is 1.00. The minimum atomic E-state index is 0.618. The Morgan fingerprint density at radius 2 is 2.42 bits per heavy atom. The van der Waals surface area contributed by atoms with Gasteiger partial charge in [-0.15, -0.1) is 0 Å². The van der Waals surface area contributed by atoms with Crippen LogP contribution in [-0.4, -0.2) is 38.4 Å². The van der Waals surface area contributed by atoms with E-state index in [2.05, 4.69) is 10.6 Å². The highest BCUT2D eigenvalue weighted by molar-refractivity contribution is 4.79. The monoisotopic (exact) mass is 170 g/mol. The maximum absolute atomic E-state index is 5.29. The number of ether oxygens (including phenoxy) is 1. The highest BCUT2D eigenvalue weighted by atomic mass is 16.5. The average molecular weight is 170 g/mol. The molecule has 2 aliphatic heterocycles. The summed E-state index contributed by atoms with van der Waals surface area (Å²) in [5.41, 5.74) is 0. The lowest BCUT2D eigenvalue weighted by Crippen LogP contribution is -2.39. The third kappa shape index (κ3) is 2.19. The summed E-state index contributed by atoms with van der Waals surface area (Å²) >= 11 is 0. The second-order valence-electron chi connectivity index (χ2n) is 3.76. The van der Waals surface area contributed by atoms with Gasteiger partial charge in [0.2, 0.25) is 0 Å². The van der Waals surface area contributed by atoms with Crippen molar-refractivity contribution in [1.29, 1.82) is 0 Å². The number of nitrogens with one attached hydrogen (secondary N) is 2. The fourth-order valence-electron chi connectivity index (χ4n) is 1.94. The molecule has 70 valence electrons. The molecular formula is C9H18N2O. The predicted molar refractivity (Wildman–Crippen MR) is 48.3 cm³/mol. The molecule has 2 rings (SSSR count). The van der Waals surface area contributed by atoms with Crippen molar-refractivity contribution in [2.75, 3.05) is 26.3 Å². The van der Waals surface area contributed by atoms with E-state index >= 15 is 0 Å². The zero-order chi connectivity index (χ0) is 8.23. The topological polar surface area (TPSA) is 33.3 Å². The molecule has 0 aliphatic carbocycles. The van der Waals surface area contributed by atoms with E-state index < -0.39 is 0 Å². The van der Waals surface area contributed by atoms with Gasteiger partial charge in [0.1, 0.15) is 0 Å². The Kier molecular flexibility index (Phi) is 2.98. The van der Waals surface area contributed by atoms with Crippen molar-refractivity contribution in [1.82, 2.24) is 10.6 Å². The molecule has 0 aromatic rings. The Labute approximate surface area is 73.9 Å². The van der Waals surface area contributed by atoms with Crippen molar-refractivity contribution >= 4 is 0 Å². The van der Waals surface area contributed by atoms with E-state index in [4.69, 9.17) is 4.74 Å². The number of hydrogen-bond acceptors (Lipinski definition) is 3. The highest BCUT2D eigenvalue weighted by Crippen LogP contribution is 2.06. The molecule has 0 radical (unpaired) electrons. The van der Waals surface area contributed by atoms with Crippen LogP contribution in [0.5, 0.6) is 0 Å². The summed E-state index contributed by atoms with van der Waals surface area (Å²) in [4.78, 5) is 0. The molecule has 0 aromatic carbocycles. The Morgan fingerprint density at radius 1 is 1.42 bits per heavy atom. The van der Waals surface area contributed by atoms with Crippen LogP contribution in [0.1, 0.15) is 19.3 Å². The summed E-state index contributed by atoms with van der Waals surface area (Å²) in [6.07, 6.45) is 3.86. The van der Waals surface area contributed by atoms with Gasteiger partial charge in [-0.05, 0) is 25.8 Å². The molecule has 0 aromatic heterocycles. The van der Waals surface area contributed by atoms with Crippen LogP contribution >= 0.6 is 0 Å². The van der Waals surface area contributed by atoms with Crippen LogP contribution in [0.4, 0.5) is 0 Å². The first-order valence-electron chi connectivity index (χ1n) is 4.99. The molecular weight excluding hydrogens is 152 g/mol. The van der Waals surface area contributed by atoms with Gasteiger partial charge in [-0.2, -0.15) is 0 Å². The van der Waals surface area contributed by atoms with E-state index in [-0.39, 0.29) is 0 Å². The molecule has 0 bridgehead atoms. The van der Waals surface area contributed by atoms with E-state index in [0.29, 0.717) is 12.1 Å². The molecule has 3 heteroatoms. The molecule has 2 saturated heterocycles. The standard InChI is InChI=1S/C9H18N2O/c1-2-8(10-4-1)6-11-9-3-5-12-7-9/h8-11H,1-7H2. The second kappa shape index (κ2) is 4.21. The van der Waals surface area contributed by atoms with E-state index in [1.54, 1.807) is 0 Å². The van der Waals surface area contributed by atoms with Gasteiger partial charge in [-0.25, -0.2) is 0 Å². The van der Waals surface area contributed by atoms with E-state index in [0.717, 1.165) is 19.8 Å². The molecule has 12 heavy (non-hydrogen) atoms. The molecule has 2 N–H and O–H groups in total. The maximum Gasteiger partial charge on any atom is 0.0620 e. The largest absolute Gasteiger partial charge is 0.380 e. The van der Waals surface area contributed by atoms with Crippen LogP contribution < -0.4 is 10.6 Å². The Bertz CT molecular complexity index is 112. The van der Waals surface area contributed by atoms with Crippen molar-refractivity contribution in [3.05, 3.63) is 0 Å². The smallest absolute Gasteiger partial charge is 0.0620 e. The molecule has 2 unspecified atom stereocenters. The SMILES string of the molecule is C1CNC(CNC2CCOC2)C1. The lowest BCUT2D eigenvalue weighted by molar-refractivity contribution is 0.189. The maximum atomic E-state index is 5.29. The highest BCUT2D eigenvalue weighted by Gasteiger charge is 2.18. The van der Waals surface area contributed by atoms with Gasteiger partial charge in [-0.1, -0.05) is 0 Å². The van der Waals surface area contributed by atoms with Crippen molar-refractivity contribution in [3.8, 4) is 0 Å². The van der Waals surface area contributed by atoms with Crippen molar-refractivity contribution < 1.29 is 4.74 Å². The minimum absolute atomic E-state index is 0.618.